The smallest absolute Gasteiger partial charge is 0.256 e. The quantitative estimate of drug-likeness (QED) is 0.696. The minimum Gasteiger partial charge on any atom is -0.497 e. The van der Waals surface area contributed by atoms with E-state index in [9.17, 15) is 4.79 Å². The van der Waals surface area contributed by atoms with Crippen molar-refractivity contribution >= 4 is 34.8 Å². The first-order valence-electron chi connectivity index (χ1n) is 7.87. The summed E-state index contributed by atoms with van der Waals surface area (Å²) in [6, 6.07) is 15.8. The van der Waals surface area contributed by atoms with Gasteiger partial charge in [-0.25, -0.2) is 0 Å². The second-order valence-electron chi connectivity index (χ2n) is 5.57. The van der Waals surface area contributed by atoms with E-state index >= 15 is 0 Å². The fraction of sp³-hybridized carbons (Fsp3) is 0.105. The van der Waals surface area contributed by atoms with E-state index in [1.54, 1.807) is 43.5 Å². The highest BCUT2D eigenvalue weighted by Crippen LogP contribution is 2.23. The average molecular weight is 369 g/mol. The number of amides is 1. The van der Waals surface area contributed by atoms with Gasteiger partial charge in [0.1, 0.15) is 5.75 Å². The van der Waals surface area contributed by atoms with Crippen molar-refractivity contribution in [1.82, 2.24) is 10.2 Å². The topological polar surface area (TPSA) is 76.1 Å². The van der Waals surface area contributed by atoms with Crippen molar-refractivity contribution in [3.63, 3.8) is 0 Å². The van der Waals surface area contributed by atoms with E-state index in [0.717, 1.165) is 11.3 Å². The monoisotopic (exact) mass is 368 g/mol. The van der Waals surface area contributed by atoms with Gasteiger partial charge in [-0.15, -0.1) is 10.2 Å². The van der Waals surface area contributed by atoms with E-state index in [4.69, 9.17) is 16.3 Å². The van der Waals surface area contributed by atoms with Crippen LogP contribution in [0.4, 0.5) is 17.3 Å². The van der Waals surface area contributed by atoms with Crippen LogP contribution < -0.4 is 15.4 Å². The van der Waals surface area contributed by atoms with Crippen molar-refractivity contribution in [1.29, 1.82) is 0 Å². The molecule has 0 fully saturated rings. The van der Waals surface area contributed by atoms with E-state index < -0.39 is 0 Å². The maximum atomic E-state index is 12.3. The van der Waals surface area contributed by atoms with Crippen molar-refractivity contribution in [2.24, 2.45) is 0 Å². The van der Waals surface area contributed by atoms with Gasteiger partial charge in [0.25, 0.3) is 5.91 Å². The highest BCUT2D eigenvalue weighted by atomic mass is 35.5. The Morgan fingerprint density at radius 1 is 1.04 bits per heavy atom. The molecule has 1 aromatic heterocycles. The summed E-state index contributed by atoms with van der Waals surface area (Å²) in [5.41, 5.74) is 2.36. The van der Waals surface area contributed by atoms with Gasteiger partial charge in [-0.2, -0.15) is 0 Å². The number of carbonyl (C=O) groups is 1. The molecule has 1 amide bonds. The zero-order valence-corrected chi connectivity index (χ0v) is 15.0. The Bertz CT molecular complexity index is 929. The Labute approximate surface area is 156 Å². The third-order valence-corrected chi connectivity index (χ3v) is 3.94. The molecule has 0 bridgehead atoms. The molecule has 3 aromatic rings. The van der Waals surface area contributed by atoms with Crippen molar-refractivity contribution < 1.29 is 9.53 Å². The lowest BCUT2D eigenvalue weighted by molar-refractivity contribution is 0.102. The summed E-state index contributed by atoms with van der Waals surface area (Å²) in [7, 11) is 1.55. The molecule has 0 atom stereocenters. The summed E-state index contributed by atoms with van der Waals surface area (Å²) in [6.45, 7) is 1.97. The van der Waals surface area contributed by atoms with E-state index in [1.165, 1.54) is 0 Å². The third kappa shape index (κ3) is 4.29. The molecule has 2 aromatic carbocycles. The first kappa shape index (κ1) is 17.7. The van der Waals surface area contributed by atoms with Crippen LogP contribution in [-0.4, -0.2) is 23.2 Å². The number of aryl methyl sites for hydroxylation is 1. The molecule has 2 N–H and O–H groups in total. The molecule has 3 rings (SSSR count). The summed E-state index contributed by atoms with van der Waals surface area (Å²) < 4.78 is 5.12. The molecule has 7 heteroatoms. The van der Waals surface area contributed by atoms with Crippen LogP contribution >= 0.6 is 11.6 Å². The summed E-state index contributed by atoms with van der Waals surface area (Å²) in [6.07, 6.45) is 0. The second kappa shape index (κ2) is 7.84. The Morgan fingerprint density at radius 3 is 2.54 bits per heavy atom. The molecular weight excluding hydrogens is 352 g/mol. The predicted molar refractivity (Wildman–Crippen MR) is 102 cm³/mol. The molecule has 0 spiro atoms. The lowest BCUT2D eigenvalue weighted by Gasteiger charge is -2.09. The second-order valence-corrected chi connectivity index (χ2v) is 6.01. The van der Waals surface area contributed by atoms with Crippen LogP contribution in [0.3, 0.4) is 0 Å². The SMILES string of the molecule is COc1cccc(C(=O)Nc2ccc(Nc3cc(Cl)ccc3C)nn2)c1. The third-order valence-electron chi connectivity index (χ3n) is 3.70. The Hall–Kier alpha value is -3.12. The average Bonchev–Trinajstić information content (AvgIpc) is 2.66. The van der Waals surface area contributed by atoms with Gasteiger partial charge in [0, 0.05) is 16.3 Å². The molecular formula is C19H17ClN4O2. The normalized spacial score (nSPS) is 10.3. The van der Waals surface area contributed by atoms with Crippen molar-refractivity contribution in [3.8, 4) is 5.75 Å². The molecule has 0 saturated heterocycles. The molecule has 132 valence electrons. The molecule has 1 heterocycles. The molecule has 0 saturated carbocycles. The number of anilines is 3. The van der Waals surface area contributed by atoms with Gasteiger partial charge in [-0.1, -0.05) is 23.7 Å². The van der Waals surface area contributed by atoms with Gasteiger partial charge in [0.15, 0.2) is 11.6 Å². The number of ether oxygens (including phenoxy) is 1. The van der Waals surface area contributed by atoms with Crippen LogP contribution in [0, 0.1) is 6.92 Å². The van der Waals surface area contributed by atoms with Crippen molar-refractivity contribution in [2.75, 3.05) is 17.7 Å². The van der Waals surface area contributed by atoms with Crippen LogP contribution in [0.2, 0.25) is 5.02 Å². The van der Waals surface area contributed by atoms with Crippen LogP contribution in [0.1, 0.15) is 15.9 Å². The summed E-state index contributed by atoms with van der Waals surface area (Å²) in [5.74, 6) is 1.23. The van der Waals surface area contributed by atoms with Crippen LogP contribution in [-0.2, 0) is 0 Å². The van der Waals surface area contributed by atoms with Gasteiger partial charge in [0.2, 0.25) is 0 Å². The number of hydrogen-bond donors (Lipinski definition) is 2. The van der Waals surface area contributed by atoms with E-state index in [0.29, 0.717) is 28.0 Å². The van der Waals surface area contributed by atoms with Gasteiger partial charge >= 0.3 is 0 Å². The van der Waals surface area contributed by atoms with E-state index in [2.05, 4.69) is 20.8 Å². The number of nitrogens with one attached hydrogen (secondary N) is 2. The number of carbonyl (C=O) groups excluding carboxylic acids is 1. The van der Waals surface area contributed by atoms with E-state index in [1.807, 2.05) is 25.1 Å². The molecule has 0 aliphatic rings. The van der Waals surface area contributed by atoms with Gasteiger partial charge in [0.05, 0.1) is 7.11 Å². The Morgan fingerprint density at radius 2 is 1.81 bits per heavy atom. The van der Waals surface area contributed by atoms with Crippen LogP contribution in [0.25, 0.3) is 0 Å². The lowest BCUT2D eigenvalue weighted by Crippen LogP contribution is -2.13. The predicted octanol–water partition coefficient (Wildman–Crippen LogP) is 4.44. The maximum Gasteiger partial charge on any atom is 0.256 e. The maximum absolute atomic E-state index is 12.3. The summed E-state index contributed by atoms with van der Waals surface area (Å²) >= 11 is 6.01. The molecule has 26 heavy (non-hydrogen) atoms. The van der Waals surface area contributed by atoms with Gasteiger partial charge < -0.3 is 15.4 Å². The number of halogens is 1. The van der Waals surface area contributed by atoms with Crippen LogP contribution in [0.5, 0.6) is 5.75 Å². The van der Waals surface area contributed by atoms with E-state index in [-0.39, 0.29) is 5.91 Å². The zero-order chi connectivity index (χ0) is 18.5. The summed E-state index contributed by atoms with van der Waals surface area (Å²) in [5, 5.41) is 14.6. The number of nitrogens with zero attached hydrogens (tertiary/aromatic N) is 2. The Balaban J connectivity index is 1.69. The zero-order valence-electron chi connectivity index (χ0n) is 14.3. The highest BCUT2D eigenvalue weighted by molar-refractivity contribution is 6.30. The van der Waals surface area contributed by atoms with Gasteiger partial charge in [-0.05, 0) is 55.0 Å². The number of rotatable bonds is 5. The largest absolute Gasteiger partial charge is 0.497 e. The van der Waals surface area contributed by atoms with Crippen LogP contribution in [0.15, 0.2) is 54.6 Å². The molecule has 0 aliphatic heterocycles. The number of methoxy groups -OCH3 is 1. The minimum absolute atomic E-state index is 0.287. The van der Waals surface area contributed by atoms with Crippen molar-refractivity contribution in [3.05, 3.63) is 70.7 Å². The number of aromatic nitrogens is 2. The fourth-order valence-corrected chi connectivity index (χ4v) is 2.46. The number of hydrogen-bond acceptors (Lipinski definition) is 5. The number of benzene rings is 2. The Kier molecular flexibility index (Phi) is 5.34. The standard InChI is InChI=1S/C19H17ClN4O2/c1-12-6-7-14(20)11-16(12)21-17-8-9-18(24-23-17)22-19(25)13-4-3-5-15(10-13)26-2/h3-11H,1-2H3,(H,21,23)(H,22,24,25). The molecule has 0 aliphatic carbocycles. The molecule has 0 radical (unpaired) electrons. The fourth-order valence-electron chi connectivity index (χ4n) is 2.29. The first-order chi connectivity index (χ1) is 12.5. The van der Waals surface area contributed by atoms with Gasteiger partial charge in [-0.3, -0.25) is 4.79 Å². The summed E-state index contributed by atoms with van der Waals surface area (Å²) in [4.78, 5) is 12.3. The molecule has 6 nitrogen and oxygen atoms in total. The highest BCUT2D eigenvalue weighted by Gasteiger charge is 2.09. The first-order valence-corrected chi connectivity index (χ1v) is 8.25. The van der Waals surface area contributed by atoms with Crippen molar-refractivity contribution in [2.45, 2.75) is 6.92 Å². The molecule has 0 unspecified atom stereocenters. The lowest BCUT2D eigenvalue weighted by atomic mass is 10.2. The minimum atomic E-state index is -0.287.